The third-order valence-corrected chi connectivity index (χ3v) is 3.39. The number of β-lactam (4-membered cyclic amide) rings is 1. The summed E-state index contributed by atoms with van der Waals surface area (Å²) in [5.74, 6) is -2.26. The van der Waals surface area contributed by atoms with Gasteiger partial charge in [-0.15, -0.1) is 0 Å². The molecule has 1 N–H and O–H groups in total. The summed E-state index contributed by atoms with van der Waals surface area (Å²) in [6.45, 7) is 4.71. The Labute approximate surface area is 153 Å². The Hall–Kier alpha value is -3.24. The molecule has 0 spiro atoms. The number of benzene rings is 1. The molecule has 146 valence electrons. The van der Waals surface area contributed by atoms with E-state index in [9.17, 15) is 28.9 Å². The summed E-state index contributed by atoms with van der Waals surface area (Å²) in [4.78, 5) is 45.8. The Morgan fingerprint density at radius 3 is 2.41 bits per heavy atom. The average Bonchev–Trinajstić information content (AvgIpc) is 2.56. The molecule has 1 fully saturated rings. The van der Waals surface area contributed by atoms with Gasteiger partial charge in [0.25, 0.3) is 12.0 Å². The molecule has 0 saturated carbocycles. The second-order valence-corrected chi connectivity index (χ2v) is 6.70. The number of nitro benzene ring substituents is 1. The molecule has 1 aliphatic rings. The fourth-order valence-electron chi connectivity index (χ4n) is 2.14. The highest BCUT2D eigenvalue weighted by Crippen LogP contribution is 2.21. The van der Waals surface area contributed by atoms with Crippen LogP contribution in [0.15, 0.2) is 24.3 Å². The molecule has 0 bridgehead atoms. The molecule has 1 aliphatic heterocycles. The summed E-state index contributed by atoms with van der Waals surface area (Å²) < 4.78 is 23.9. The maximum Gasteiger partial charge on any atom is 0.408 e. The Balaban J connectivity index is 1.86. The van der Waals surface area contributed by atoms with Gasteiger partial charge in [0, 0.05) is 12.1 Å². The maximum atomic E-state index is 14.1. The molecule has 0 radical (unpaired) electrons. The van der Waals surface area contributed by atoms with Crippen molar-refractivity contribution >= 4 is 23.7 Å². The summed E-state index contributed by atoms with van der Waals surface area (Å²) in [5, 5.41) is 12.8. The monoisotopic (exact) mass is 383 g/mol. The number of nitrogens with zero attached hydrogens (tertiary/aromatic N) is 2. The lowest BCUT2D eigenvalue weighted by Crippen LogP contribution is -2.67. The highest BCUT2D eigenvalue weighted by atomic mass is 19.1. The molecule has 0 aliphatic carbocycles. The van der Waals surface area contributed by atoms with E-state index in [0.29, 0.717) is 4.90 Å². The number of carbonyl (C=O) groups excluding carboxylic acids is 3. The number of esters is 1. The summed E-state index contributed by atoms with van der Waals surface area (Å²) in [7, 11) is 0. The van der Waals surface area contributed by atoms with Crippen LogP contribution in [0.3, 0.4) is 0 Å². The summed E-state index contributed by atoms with van der Waals surface area (Å²) in [5.41, 5.74) is -0.978. The van der Waals surface area contributed by atoms with E-state index in [2.05, 4.69) is 5.32 Å². The zero-order chi connectivity index (χ0) is 20.4. The molecule has 10 nitrogen and oxygen atoms in total. The van der Waals surface area contributed by atoms with Gasteiger partial charge in [0.2, 0.25) is 5.91 Å². The largest absolute Gasteiger partial charge is 0.444 e. The highest BCUT2D eigenvalue weighted by molar-refractivity contribution is 5.94. The number of non-ortho nitro benzene ring substituents is 1. The molecular weight excluding hydrogens is 365 g/mol. The van der Waals surface area contributed by atoms with Crippen molar-refractivity contribution in [1.29, 1.82) is 0 Å². The van der Waals surface area contributed by atoms with Crippen molar-refractivity contribution < 1.29 is 33.2 Å². The quantitative estimate of drug-likeness (QED) is 0.204. The topological polar surface area (TPSA) is 128 Å². The number of rotatable bonds is 5. The number of alkyl carbamates (subject to hydrolysis) is 1. The van der Waals surface area contributed by atoms with E-state index in [-0.39, 0.29) is 18.0 Å². The first kappa shape index (κ1) is 20.1. The van der Waals surface area contributed by atoms with Gasteiger partial charge in [0.1, 0.15) is 17.4 Å². The molecule has 1 aromatic rings. The molecule has 1 heterocycles. The SMILES string of the molecule is CC(C)(C)OC(=O)NC1CN(C(F)C(=O)Oc2ccc([N+](=O)[O-])cc2)C1=O. The number of ether oxygens (including phenoxy) is 2. The van der Waals surface area contributed by atoms with Crippen molar-refractivity contribution in [2.75, 3.05) is 6.54 Å². The number of halogens is 1. The van der Waals surface area contributed by atoms with Gasteiger partial charge in [-0.3, -0.25) is 19.8 Å². The van der Waals surface area contributed by atoms with E-state index >= 15 is 0 Å². The third-order valence-electron chi connectivity index (χ3n) is 3.39. The molecule has 11 heteroatoms. The lowest BCUT2D eigenvalue weighted by Gasteiger charge is -2.39. The number of alkyl halides is 1. The molecule has 2 atom stereocenters. The fraction of sp³-hybridized carbons (Fsp3) is 0.438. The van der Waals surface area contributed by atoms with Crippen molar-refractivity contribution in [3.63, 3.8) is 0 Å². The second kappa shape index (κ2) is 7.56. The first-order valence-electron chi connectivity index (χ1n) is 7.88. The second-order valence-electron chi connectivity index (χ2n) is 6.70. The van der Waals surface area contributed by atoms with Crippen LogP contribution in [0, 0.1) is 10.1 Å². The van der Waals surface area contributed by atoms with Gasteiger partial charge in [0.05, 0.1) is 11.5 Å². The standard InChI is InChI=1S/C16H18FN3O7/c1-16(2,3)27-15(23)18-11-8-19(13(11)21)12(17)14(22)26-10-6-4-9(5-7-10)20(24)25/h4-7,11-12H,8H2,1-3H3,(H,18,23). The van der Waals surface area contributed by atoms with E-state index in [1.165, 1.54) is 0 Å². The van der Waals surface area contributed by atoms with Crippen molar-refractivity contribution in [1.82, 2.24) is 10.2 Å². The highest BCUT2D eigenvalue weighted by Gasteiger charge is 2.45. The van der Waals surface area contributed by atoms with Gasteiger partial charge in [-0.2, -0.15) is 0 Å². The van der Waals surface area contributed by atoms with Gasteiger partial charge in [-0.1, -0.05) is 0 Å². The van der Waals surface area contributed by atoms with Gasteiger partial charge < -0.3 is 14.8 Å². The Bertz CT molecular complexity index is 760. The first-order chi connectivity index (χ1) is 12.5. The minimum Gasteiger partial charge on any atom is -0.444 e. The Kier molecular flexibility index (Phi) is 5.62. The van der Waals surface area contributed by atoms with E-state index < -0.39 is 40.8 Å². The average molecular weight is 383 g/mol. The Morgan fingerprint density at radius 2 is 1.93 bits per heavy atom. The lowest BCUT2D eigenvalue weighted by atomic mass is 10.1. The summed E-state index contributed by atoms with van der Waals surface area (Å²) >= 11 is 0. The minimum absolute atomic E-state index is 0.107. The van der Waals surface area contributed by atoms with Crippen LogP contribution < -0.4 is 10.1 Å². The summed E-state index contributed by atoms with van der Waals surface area (Å²) in [6, 6.07) is 3.45. The van der Waals surface area contributed by atoms with Crippen LogP contribution in [-0.4, -0.2) is 52.3 Å². The van der Waals surface area contributed by atoms with Crippen LogP contribution >= 0.6 is 0 Å². The number of hydrogen-bond acceptors (Lipinski definition) is 7. The van der Waals surface area contributed by atoms with Gasteiger partial charge >= 0.3 is 12.1 Å². The van der Waals surface area contributed by atoms with E-state index in [1.807, 2.05) is 0 Å². The van der Waals surface area contributed by atoms with Crippen LogP contribution in [-0.2, 0) is 14.3 Å². The number of nitro groups is 1. The fourth-order valence-corrected chi connectivity index (χ4v) is 2.14. The van der Waals surface area contributed by atoms with Crippen LogP contribution in [0.4, 0.5) is 14.9 Å². The number of likely N-dealkylation sites (tertiary alicyclic amines) is 1. The molecule has 1 saturated heterocycles. The molecule has 2 rings (SSSR count). The molecular formula is C16H18FN3O7. The normalized spacial score (nSPS) is 17.6. The van der Waals surface area contributed by atoms with Crippen molar-refractivity contribution in [2.24, 2.45) is 0 Å². The molecule has 27 heavy (non-hydrogen) atoms. The molecule has 2 unspecified atom stereocenters. The predicted octanol–water partition coefficient (Wildman–Crippen LogP) is 1.53. The van der Waals surface area contributed by atoms with Crippen molar-refractivity contribution in [3.8, 4) is 5.75 Å². The number of nitrogens with one attached hydrogen (secondary N) is 1. The van der Waals surface area contributed by atoms with Crippen LogP contribution in [0.5, 0.6) is 5.75 Å². The lowest BCUT2D eigenvalue weighted by molar-refractivity contribution is -0.384. The predicted molar refractivity (Wildman–Crippen MR) is 88.5 cm³/mol. The van der Waals surface area contributed by atoms with Crippen LogP contribution in [0.2, 0.25) is 0 Å². The minimum atomic E-state index is -2.37. The van der Waals surface area contributed by atoms with Crippen molar-refractivity contribution in [3.05, 3.63) is 34.4 Å². The molecule has 1 aromatic carbocycles. The number of carbonyl (C=O) groups is 3. The molecule has 2 amide bonds. The number of hydrogen-bond donors (Lipinski definition) is 1. The zero-order valence-corrected chi connectivity index (χ0v) is 14.8. The number of amides is 2. The maximum absolute atomic E-state index is 14.1. The first-order valence-corrected chi connectivity index (χ1v) is 7.88. The Morgan fingerprint density at radius 1 is 1.33 bits per heavy atom. The van der Waals surface area contributed by atoms with E-state index in [0.717, 1.165) is 24.3 Å². The van der Waals surface area contributed by atoms with Crippen molar-refractivity contribution in [2.45, 2.75) is 38.7 Å². The molecule has 0 aromatic heterocycles. The van der Waals surface area contributed by atoms with E-state index in [1.54, 1.807) is 20.8 Å². The van der Waals surface area contributed by atoms with E-state index in [4.69, 9.17) is 9.47 Å². The van der Waals surface area contributed by atoms with Gasteiger partial charge in [0.15, 0.2) is 0 Å². The van der Waals surface area contributed by atoms with Crippen LogP contribution in [0.25, 0.3) is 0 Å². The van der Waals surface area contributed by atoms with Gasteiger partial charge in [-0.05, 0) is 32.9 Å². The summed E-state index contributed by atoms with van der Waals surface area (Å²) in [6.07, 6.45) is -3.20. The third kappa shape index (κ3) is 5.12. The van der Waals surface area contributed by atoms with Gasteiger partial charge in [-0.25, -0.2) is 14.0 Å². The smallest absolute Gasteiger partial charge is 0.408 e. The zero-order valence-electron chi connectivity index (χ0n) is 14.8. The van der Waals surface area contributed by atoms with Crippen LogP contribution in [0.1, 0.15) is 20.8 Å².